The Hall–Kier alpha value is -1.22. The third-order valence-corrected chi connectivity index (χ3v) is 3.36. The smallest absolute Gasteiger partial charge is 0.125 e. The van der Waals surface area contributed by atoms with Crippen LogP contribution in [0.1, 0.15) is 31.4 Å². The van der Waals surface area contributed by atoms with Crippen LogP contribution < -0.4 is 15.4 Å². The number of ether oxygens (including phenoxy) is 1. The zero-order chi connectivity index (χ0) is 12.4. The van der Waals surface area contributed by atoms with E-state index in [2.05, 4.69) is 18.0 Å². The van der Waals surface area contributed by atoms with Crippen LogP contribution in [-0.4, -0.2) is 20.7 Å². The number of anilines is 1. The van der Waals surface area contributed by atoms with Crippen LogP contribution in [0.5, 0.6) is 5.75 Å². The van der Waals surface area contributed by atoms with Gasteiger partial charge in [-0.25, -0.2) is 0 Å². The summed E-state index contributed by atoms with van der Waals surface area (Å²) in [5.41, 5.74) is 8.38. The van der Waals surface area contributed by atoms with Gasteiger partial charge in [0.2, 0.25) is 0 Å². The van der Waals surface area contributed by atoms with Crippen LogP contribution in [0.3, 0.4) is 0 Å². The van der Waals surface area contributed by atoms with Crippen LogP contribution >= 0.6 is 0 Å². The normalized spacial score (nSPS) is 16.7. The zero-order valence-corrected chi connectivity index (χ0v) is 10.9. The second-order valence-electron chi connectivity index (χ2n) is 5.01. The molecule has 0 bridgehead atoms. The van der Waals surface area contributed by atoms with E-state index in [9.17, 15) is 0 Å². The van der Waals surface area contributed by atoms with E-state index >= 15 is 0 Å². The predicted molar refractivity (Wildman–Crippen MR) is 71.6 cm³/mol. The first-order valence-electron chi connectivity index (χ1n) is 6.27. The average molecular weight is 234 g/mol. The maximum Gasteiger partial charge on any atom is 0.125 e. The van der Waals surface area contributed by atoms with Crippen LogP contribution in [0.25, 0.3) is 0 Å². The summed E-state index contributed by atoms with van der Waals surface area (Å²) in [6.45, 7) is 3.12. The quantitative estimate of drug-likeness (QED) is 0.851. The van der Waals surface area contributed by atoms with Crippen molar-refractivity contribution >= 4 is 5.69 Å². The fourth-order valence-electron chi connectivity index (χ4n) is 2.29. The largest absolute Gasteiger partial charge is 0.496 e. The van der Waals surface area contributed by atoms with E-state index in [0.717, 1.165) is 23.8 Å². The van der Waals surface area contributed by atoms with Crippen molar-refractivity contribution in [3.8, 4) is 5.75 Å². The van der Waals surface area contributed by atoms with E-state index in [1.165, 1.54) is 18.5 Å². The predicted octanol–water partition coefficient (Wildman–Crippen LogP) is 2.56. The Morgan fingerprint density at radius 1 is 1.47 bits per heavy atom. The third-order valence-electron chi connectivity index (χ3n) is 3.36. The fraction of sp³-hybridized carbons (Fsp3) is 0.571. The Morgan fingerprint density at radius 3 is 2.71 bits per heavy atom. The molecule has 0 aliphatic heterocycles. The van der Waals surface area contributed by atoms with E-state index in [1.54, 1.807) is 7.11 Å². The standard InChI is InChI=1S/C14H22N2O/c1-10(15)14-12(5-4-6-13(14)17-3)16(2)9-11-7-8-11/h4-6,10-11H,7-9,15H2,1-3H3/t10-/m1/s1. The molecule has 94 valence electrons. The molecule has 0 aromatic heterocycles. The van der Waals surface area contributed by atoms with Gasteiger partial charge in [0, 0.05) is 30.9 Å². The summed E-state index contributed by atoms with van der Waals surface area (Å²) in [6, 6.07) is 6.13. The molecule has 2 N–H and O–H groups in total. The van der Waals surface area contributed by atoms with Gasteiger partial charge >= 0.3 is 0 Å². The van der Waals surface area contributed by atoms with Gasteiger partial charge in [0.15, 0.2) is 0 Å². The molecule has 1 saturated carbocycles. The molecular formula is C14H22N2O. The molecule has 3 heteroatoms. The first kappa shape index (κ1) is 12.2. The maximum absolute atomic E-state index is 6.07. The summed E-state index contributed by atoms with van der Waals surface area (Å²) in [6.07, 6.45) is 2.73. The van der Waals surface area contributed by atoms with Gasteiger partial charge < -0.3 is 15.4 Å². The van der Waals surface area contributed by atoms with E-state index < -0.39 is 0 Å². The van der Waals surface area contributed by atoms with E-state index in [4.69, 9.17) is 10.5 Å². The van der Waals surface area contributed by atoms with Gasteiger partial charge in [-0.1, -0.05) is 6.07 Å². The molecule has 17 heavy (non-hydrogen) atoms. The van der Waals surface area contributed by atoms with Crippen LogP contribution in [0, 0.1) is 5.92 Å². The van der Waals surface area contributed by atoms with Gasteiger partial charge in [-0.3, -0.25) is 0 Å². The number of hydrogen-bond acceptors (Lipinski definition) is 3. The Bertz CT molecular complexity index is 386. The highest BCUT2D eigenvalue weighted by atomic mass is 16.5. The van der Waals surface area contributed by atoms with Crippen molar-refractivity contribution in [1.29, 1.82) is 0 Å². The highest BCUT2D eigenvalue weighted by Gasteiger charge is 2.24. The first-order valence-corrected chi connectivity index (χ1v) is 6.27. The van der Waals surface area contributed by atoms with Crippen LogP contribution in [0.15, 0.2) is 18.2 Å². The molecule has 1 aliphatic rings. The van der Waals surface area contributed by atoms with Crippen molar-refractivity contribution in [2.24, 2.45) is 11.7 Å². The van der Waals surface area contributed by atoms with Crippen LogP contribution in [-0.2, 0) is 0 Å². The van der Waals surface area contributed by atoms with Gasteiger partial charge in [0.25, 0.3) is 0 Å². The minimum Gasteiger partial charge on any atom is -0.496 e. The van der Waals surface area contributed by atoms with E-state index in [1.807, 2.05) is 19.1 Å². The van der Waals surface area contributed by atoms with Gasteiger partial charge in [0.1, 0.15) is 5.75 Å². The van der Waals surface area contributed by atoms with Crippen molar-refractivity contribution in [3.05, 3.63) is 23.8 Å². The SMILES string of the molecule is COc1cccc(N(C)CC2CC2)c1[C@@H](C)N. The number of nitrogens with two attached hydrogens (primary N) is 1. The molecule has 2 rings (SSSR count). The molecule has 0 heterocycles. The molecule has 0 amide bonds. The Labute approximate surface area is 104 Å². The third kappa shape index (κ3) is 2.72. The summed E-state index contributed by atoms with van der Waals surface area (Å²) >= 11 is 0. The molecule has 0 unspecified atom stereocenters. The number of benzene rings is 1. The van der Waals surface area contributed by atoms with Gasteiger partial charge in [-0.2, -0.15) is 0 Å². The fourth-order valence-corrected chi connectivity index (χ4v) is 2.29. The molecule has 3 nitrogen and oxygen atoms in total. The molecule has 1 aromatic rings. The zero-order valence-electron chi connectivity index (χ0n) is 10.9. The summed E-state index contributed by atoms with van der Waals surface area (Å²) in [5, 5.41) is 0. The summed E-state index contributed by atoms with van der Waals surface area (Å²) < 4.78 is 5.41. The summed E-state index contributed by atoms with van der Waals surface area (Å²) in [4.78, 5) is 2.30. The molecule has 1 aromatic carbocycles. The van der Waals surface area contributed by atoms with Gasteiger partial charge in [0.05, 0.1) is 7.11 Å². The number of rotatable bonds is 5. The lowest BCUT2D eigenvalue weighted by Gasteiger charge is -2.25. The van der Waals surface area contributed by atoms with Crippen molar-refractivity contribution in [2.45, 2.75) is 25.8 Å². The number of nitrogens with zero attached hydrogens (tertiary/aromatic N) is 1. The summed E-state index contributed by atoms with van der Waals surface area (Å²) in [7, 11) is 3.84. The molecule has 0 radical (unpaired) electrons. The second-order valence-corrected chi connectivity index (χ2v) is 5.01. The number of hydrogen-bond donors (Lipinski definition) is 1. The maximum atomic E-state index is 6.07. The molecular weight excluding hydrogens is 212 g/mol. The van der Waals surface area contributed by atoms with Crippen molar-refractivity contribution in [3.63, 3.8) is 0 Å². The lowest BCUT2D eigenvalue weighted by molar-refractivity contribution is 0.407. The highest BCUT2D eigenvalue weighted by Crippen LogP contribution is 2.36. The Kier molecular flexibility index (Phi) is 3.57. The molecule has 0 saturated heterocycles. The first-order chi connectivity index (χ1) is 8.13. The van der Waals surface area contributed by atoms with Crippen molar-refractivity contribution < 1.29 is 4.74 Å². The minimum absolute atomic E-state index is 0.0113. The monoisotopic (exact) mass is 234 g/mol. The second kappa shape index (κ2) is 4.96. The molecule has 1 aliphatic carbocycles. The van der Waals surface area contributed by atoms with Crippen molar-refractivity contribution in [1.82, 2.24) is 0 Å². The average Bonchev–Trinajstić information content (AvgIpc) is 3.11. The lowest BCUT2D eigenvalue weighted by Crippen LogP contribution is -2.23. The molecule has 1 fully saturated rings. The topological polar surface area (TPSA) is 38.5 Å². The lowest BCUT2D eigenvalue weighted by atomic mass is 10.0. The van der Waals surface area contributed by atoms with E-state index in [-0.39, 0.29) is 6.04 Å². The van der Waals surface area contributed by atoms with Crippen LogP contribution in [0.4, 0.5) is 5.69 Å². The molecule has 0 spiro atoms. The van der Waals surface area contributed by atoms with E-state index in [0.29, 0.717) is 0 Å². The Balaban J connectivity index is 2.29. The minimum atomic E-state index is -0.0113. The van der Waals surface area contributed by atoms with Crippen molar-refractivity contribution in [2.75, 3.05) is 25.6 Å². The van der Waals surface area contributed by atoms with Gasteiger partial charge in [-0.15, -0.1) is 0 Å². The highest BCUT2D eigenvalue weighted by molar-refractivity contribution is 5.60. The van der Waals surface area contributed by atoms with Crippen LogP contribution in [0.2, 0.25) is 0 Å². The number of methoxy groups -OCH3 is 1. The Morgan fingerprint density at radius 2 is 2.18 bits per heavy atom. The molecule has 1 atom stereocenters. The summed E-state index contributed by atoms with van der Waals surface area (Å²) in [5.74, 6) is 1.76. The van der Waals surface area contributed by atoms with Gasteiger partial charge in [-0.05, 0) is 37.8 Å².